The number of methoxy groups -OCH3 is 1. The van der Waals surface area contributed by atoms with Crippen LogP contribution in [0.2, 0.25) is 0 Å². The summed E-state index contributed by atoms with van der Waals surface area (Å²) < 4.78 is 10.8. The third-order valence-electron chi connectivity index (χ3n) is 3.20. The molecule has 1 aromatic rings. The van der Waals surface area contributed by atoms with Crippen LogP contribution in [0, 0.1) is 0 Å². The largest absolute Gasteiger partial charge is 0.504 e. The second kappa shape index (κ2) is 5.16. The first kappa shape index (κ1) is 13.2. The molecule has 100 valence electrons. The topological polar surface area (TPSA) is 41.9 Å². The van der Waals surface area contributed by atoms with Crippen molar-refractivity contribution in [1.29, 1.82) is 0 Å². The third kappa shape index (κ3) is 2.94. The van der Waals surface area contributed by atoms with E-state index in [2.05, 4.69) is 18.7 Å². The Labute approximate surface area is 108 Å². The zero-order chi connectivity index (χ0) is 13.2. The number of morpholine rings is 1. The summed E-state index contributed by atoms with van der Waals surface area (Å²) in [4.78, 5) is 2.29. The fourth-order valence-corrected chi connectivity index (χ4v) is 2.35. The van der Waals surface area contributed by atoms with Gasteiger partial charge in [0.25, 0.3) is 0 Å². The van der Waals surface area contributed by atoms with Crippen LogP contribution in [0.25, 0.3) is 0 Å². The van der Waals surface area contributed by atoms with E-state index in [0.717, 1.165) is 31.8 Å². The van der Waals surface area contributed by atoms with Crippen molar-refractivity contribution in [3.05, 3.63) is 23.8 Å². The lowest BCUT2D eigenvalue weighted by molar-refractivity contribution is -0.0883. The maximum Gasteiger partial charge on any atom is 0.162 e. The number of ether oxygens (including phenoxy) is 2. The summed E-state index contributed by atoms with van der Waals surface area (Å²) in [5, 5.41) is 10.1. The number of aromatic hydroxyl groups is 1. The van der Waals surface area contributed by atoms with Gasteiger partial charge in [0.15, 0.2) is 11.5 Å². The normalized spacial score (nSPS) is 19.7. The predicted molar refractivity (Wildman–Crippen MR) is 70.0 cm³/mol. The maximum absolute atomic E-state index is 10.1. The third-order valence-corrected chi connectivity index (χ3v) is 3.20. The first-order chi connectivity index (χ1) is 8.52. The van der Waals surface area contributed by atoms with Gasteiger partial charge in [0.1, 0.15) is 0 Å². The second-order valence-electron chi connectivity index (χ2n) is 5.29. The van der Waals surface area contributed by atoms with Crippen molar-refractivity contribution >= 4 is 0 Å². The van der Waals surface area contributed by atoms with Crippen LogP contribution in [-0.4, -0.2) is 42.4 Å². The molecule has 1 saturated heterocycles. The molecule has 0 amide bonds. The van der Waals surface area contributed by atoms with Gasteiger partial charge >= 0.3 is 0 Å². The van der Waals surface area contributed by atoms with E-state index in [1.165, 1.54) is 0 Å². The molecular formula is C14H21NO3. The van der Waals surface area contributed by atoms with E-state index in [-0.39, 0.29) is 11.4 Å². The Kier molecular flexibility index (Phi) is 3.78. The van der Waals surface area contributed by atoms with Crippen LogP contribution in [0.1, 0.15) is 19.4 Å². The molecule has 1 aliphatic rings. The van der Waals surface area contributed by atoms with Crippen molar-refractivity contribution < 1.29 is 14.6 Å². The summed E-state index contributed by atoms with van der Waals surface area (Å²) in [6, 6.07) is 5.60. The van der Waals surface area contributed by atoms with Gasteiger partial charge in [0.05, 0.1) is 19.3 Å². The minimum Gasteiger partial charge on any atom is -0.504 e. The minimum absolute atomic E-state index is 0.118. The fourth-order valence-electron chi connectivity index (χ4n) is 2.35. The Morgan fingerprint density at radius 3 is 2.89 bits per heavy atom. The molecule has 0 aromatic heterocycles. The van der Waals surface area contributed by atoms with Crippen molar-refractivity contribution in [1.82, 2.24) is 4.90 Å². The molecule has 1 heterocycles. The molecule has 1 fully saturated rings. The number of rotatable bonds is 3. The Morgan fingerprint density at radius 1 is 1.44 bits per heavy atom. The summed E-state index contributed by atoms with van der Waals surface area (Å²) >= 11 is 0. The molecule has 0 bridgehead atoms. The van der Waals surface area contributed by atoms with Gasteiger partial charge in [-0.25, -0.2) is 0 Å². The van der Waals surface area contributed by atoms with Crippen LogP contribution < -0.4 is 4.74 Å². The highest BCUT2D eigenvalue weighted by molar-refractivity contribution is 5.45. The summed E-state index contributed by atoms with van der Waals surface area (Å²) in [6.07, 6.45) is 0. The first-order valence-corrected chi connectivity index (χ1v) is 6.23. The highest BCUT2D eigenvalue weighted by atomic mass is 16.5. The van der Waals surface area contributed by atoms with Gasteiger partial charge in [-0.3, -0.25) is 4.90 Å². The average Bonchev–Trinajstić information content (AvgIpc) is 2.31. The van der Waals surface area contributed by atoms with Gasteiger partial charge in [0, 0.05) is 25.2 Å². The maximum atomic E-state index is 10.1. The van der Waals surface area contributed by atoms with E-state index in [9.17, 15) is 5.11 Å². The number of para-hydroxylation sites is 1. The van der Waals surface area contributed by atoms with E-state index in [0.29, 0.717) is 5.75 Å². The smallest absolute Gasteiger partial charge is 0.162 e. The quantitative estimate of drug-likeness (QED) is 0.892. The molecule has 0 unspecified atom stereocenters. The van der Waals surface area contributed by atoms with E-state index < -0.39 is 0 Å². The molecule has 0 spiro atoms. The predicted octanol–water partition coefficient (Wildman–Crippen LogP) is 2.01. The Bertz CT molecular complexity index is 418. The minimum atomic E-state index is -0.118. The van der Waals surface area contributed by atoms with Crippen LogP contribution in [-0.2, 0) is 11.3 Å². The van der Waals surface area contributed by atoms with Gasteiger partial charge in [-0.1, -0.05) is 12.1 Å². The van der Waals surface area contributed by atoms with Crippen LogP contribution in [0.5, 0.6) is 11.5 Å². The number of benzene rings is 1. The van der Waals surface area contributed by atoms with E-state index in [1.807, 2.05) is 12.1 Å². The van der Waals surface area contributed by atoms with E-state index in [4.69, 9.17) is 9.47 Å². The Balaban J connectivity index is 2.09. The molecule has 1 aliphatic heterocycles. The average molecular weight is 251 g/mol. The molecule has 0 saturated carbocycles. The molecule has 0 aliphatic carbocycles. The summed E-state index contributed by atoms with van der Waals surface area (Å²) in [5.41, 5.74) is 0.777. The zero-order valence-electron chi connectivity index (χ0n) is 11.3. The number of phenols is 1. The number of hydrogen-bond acceptors (Lipinski definition) is 4. The van der Waals surface area contributed by atoms with Crippen molar-refractivity contribution in [2.45, 2.75) is 26.0 Å². The molecule has 4 heteroatoms. The van der Waals surface area contributed by atoms with E-state index >= 15 is 0 Å². The SMILES string of the molecule is COc1cccc(CN2CCOC(C)(C)C2)c1O. The molecule has 0 atom stereocenters. The second-order valence-corrected chi connectivity index (χ2v) is 5.29. The van der Waals surface area contributed by atoms with Crippen LogP contribution in [0.4, 0.5) is 0 Å². The van der Waals surface area contributed by atoms with Gasteiger partial charge in [-0.05, 0) is 19.9 Å². The molecule has 1 N–H and O–H groups in total. The Hall–Kier alpha value is -1.26. The molecule has 4 nitrogen and oxygen atoms in total. The van der Waals surface area contributed by atoms with Crippen molar-refractivity contribution in [3.8, 4) is 11.5 Å². The van der Waals surface area contributed by atoms with Gasteiger partial charge in [-0.15, -0.1) is 0 Å². The fraction of sp³-hybridized carbons (Fsp3) is 0.571. The molecule has 1 aromatic carbocycles. The highest BCUT2D eigenvalue weighted by Crippen LogP contribution is 2.31. The number of nitrogens with zero attached hydrogens (tertiary/aromatic N) is 1. The first-order valence-electron chi connectivity index (χ1n) is 6.23. The van der Waals surface area contributed by atoms with Gasteiger partial charge < -0.3 is 14.6 Å². The highest BCUT2D eigenvalue weighted by Gasteiger charge is 2.27. The molecular weight excluding hydrogens is 230 g/mol. The zero-order valence-corrected chi connectivity index (χ0v) is 11.3. The number of phenolic OH excluding ortho intramolecular Hbond substituents is 1. The summed E-state index contributed by atoms with van der Waals surface area (Å²) in [7, 11) is 1.57. The summed E-state index contributed by atoms with van der Waals surface area (Å²) in [5.74, 6) is 0.768. The molecule has 2 rings (SSSR count). The molecule has 0 radical (unpaired) electrons. The monoisotopic (exact) mass is 251 g/mol. The summed E-state index contributed by atoms with van der Waals surface area (Å²) in [6.45, 7) is 7.38. The van der Waals surface area contributed by atoms with Crippen LogP contribution in [0.3, 0.4) is 0 Å². The lowest BCUT2D eigenvalue weighted by Crippen LogP contribution is -2.47. The Morgan fingerprint density at radius 2 is 2.22 bits per heavy atom. The van der Waals surface area contributed by atoms with Crippen LogP contribution >= 0.6 is 0 Å². The van der Waals surface area contributed by atoms with Gasteiger partial charge in [-0.2, -0.15) is 0 Å². The molecule has 18 heavy (non-hydrogen) atoms. The van der Waals surface area contributed by atoms with Gasteiger partial charge in [0.2, 0.25) is 0 Å². The van der Waals surface area contributed by atoms with E-state index in [1.54, 1.807) is 13.2 Å². The van der Waals surface area contributed by atoms with Crippen molar-refractivity contribution in [2.24, 2.45) is 0 Å². The lowest BCUT2D eigenvalue weighted by atomic mass is 10.1. The number of hydrogen-bond donors (Lipinski definition) is 1. The van der Waals surface area contributed by atoms with Crippen molar-refractivity contribution in [2.75, 3.05) is 26.8 Å². The standard InChI is InChI=1S/C14H21NO3/c1-14(2)10-15(7-8-18-14)9-11-5-4-6-12(17-3)13(11)16/h4-6,16H,7-10H2,1-3H3. The lowest BCUT2D eigenvalue weighted by Gasteiger charge is -2.38. The van der Waals surface area contributed by atoms with Crippen molar-refractivity contribution in [3.63, 3.8) is 0 Å². The van der Waals surface area contributed by atoms with Crippen LogP contribution in [0.15, 0.2) is 18.2 Å².